The molecule has 0 aromatic carbocycles. The first kappa shape index (κ1) is 18.4. The zero-order valence-corrected chi connectivity index (χ0v) is 14.6. The number of amides is 1. The number of aliphatic carboxylic acids is 1. The summed E-state index contributed by atoms with van der Waals surface area (Å²) in [5.41, 5.74) is 0.308. The molecule has 1 saturated heterocycles. The molecule has 10 heteroatoms. The Balaban J connectivity index is 2.02. The summed E-state index contributed by atoms with van der Waals surface area (Å²) >= 11 is 0. The van der Waals surface area contributed by atoms with Gasteiger partial charge in [-0.3, -0.25) is 9.59 Å². The van der Waals surface area contributed by atoms with E-state index in [0.29, 0.717) is 18.5 Å². The lowest BCUT2D eigenvalue weighted by Crippen LogP contribution is -2.46. The maximum atomic E-state index is 12.7. The normalized spacial score (nSPS) is 18.3. The van der Waals surface area contributed by atoms with Crippen molar-refractivity contribution >= 4 is 21.9 Å². The molecular formula is C14H21N3O6S. The van der Waals surface area contributed by atoms with Crippen LogP contribution in [-0.4, -0.2) is 54.0 Å². The van der Waals surface area contributed by atoms with Crippen molar-refractivity contribution in [1.82, 2.24) is 14.8 Å². The van der Waals surface area contributed by atoms with Gasteiger partial charge in [-0.1, -0.05) is 5.16 Å². The molecule has 0 aliphatic carbocycles. The van der Waals surface area contributed by atoms with E-state index in [1.54, 1.807) is 13.8 Å². The topological polar surface area (TPSA) is 130 Å². The van der Waals surface area contributed by atoms with E-state index < -0.39 is 28.0 Å². The molecule has 0 unspecified atom stereocenters. The second-order valence-electron chi connectivity index (χ2n) is 5.90. The van der Waals surface area contributed by atoms with Gasteiger partial charge in [0.15, 0.2) is 5.76 Å². The smallest absolute Gasteiger partial charge is 0.325 e. The van der Waals surface area contributed by atoms with Gasteiger partial charge in [0.25, 0.3) is 0 Å². The molecule has 0 spiro atoms. The van der Waals surface area contributed by atoms with E-state index >= 15 is 0 Å². The highest BCUT2D eigenvalue weighted by atomic mass is 32.2. The molecule has 134 valence electrons. The molecule has 1 aliphatic rings. The van der Waals surface area contributed by atoms with Crippen LogP contribution < -0.4 is 5.32 Å². The number of aromatic nitrogens is 1. The van der Waals surface area contributed by atoms with Crippen LogP contribution in [0, 0.1) is 19.8 Å². The number of sulfonamides is 1. The van der Waals surface area contributed by atoms with Gasteiger partial charge in [0.1, 0.15) is 16.6 Å². The Hall–Kier alpha value is -1.94. The third-order valence-electron chi connectivity index (χ3n) is 4.12. The van der Waals surface area contributed by atoms with Crippen molar-refractivity contribution in [2.45, 2.75) is 44.6 Å². The number of hydrogen-bond acceptors (Lipinski definition) is 6. The van der Waals surface area contributed by atoms with Gasteiger partial charge in [0.05, 0.1) is 0 Å². The van der Waals surface area contributed by atoms with Crippen LogP contribution in [0.15, 0.2) is 9.42 Å². The molecule has 24 heavy (non-hydrogen) atoms. The van der Waals surface area contributed by atoms with E-state index in [1.807, 2.05) is 0 Å². The van der Waals surface area contributed by atoms with Crippen molar-refractivity contribution in [1.29, 1.82) is 0 Å². The molecule has 1 aromatic rings. The van der Waals surface area contributed by atoms with Gasteiger partial charge >= 0.3 is 5.97 Å². The predicted molar refractivity (Wildman–Crippen MR) is 82.7 cm³/mol. The quantitative estimate of drug-likeness (QED) is 0.772. The highest BCUT2D eigenvalue weighted by molar-refractivity contribution is 7.89. The predicted octanol–water partition coefficient (Wildman–Crippen LogP) is 0.281. The van der Waals surface area contributed by atoms with Crippen molar-refractivity contribution in [3.05, 3.63) is 11.5 Å². The Kier molecular flexibility index (Phi) is 5.29. The molecule has 1 atom stereocenters. The van der Waals surface area contributed by atoms with Crippen molar-refractivity contribution in [2.75, 3.05) is 13.1 Å². The Morgan fingerprint density at radius 1 is 1.33 bits per heavy atom. The number of nitrogens with one attached hydrogen (secondary N) is 1. The number of hydrogen-bond donors (Lipinski definition) is 2. The van der Waals surface area contributed by atoms with Gasteiger partial charge in [-0.25, -0.2) is 8.42 Å². The molecule has 0 saturated carbocycles. The fourth-order valence-electron chi connectivity index (χ4n) is 2.72. The number of carbonyl (C=O) groups is 2. The molecule has 2 heterocycles. The van der Waals surface area contributed by atoms with E-state index in [9.17, 15) is 18.0 Å². The van der Waals surface area contributed by atoms with E-state index in [2.05, 4.69) is 10.5 Å². The van der Waals surface area contributed by atoms with Crippen LogP contribution in [0.25, 0.3) is 0 Å². The summed E-state index contributed by atoms with van der Waals surface area (Å²) in [4.78, 5) is 22.9. The first-order valence-corrected chi connectivity index (χ1v) is 9.04. The maximum absolute atomic E-state index is 12.7. The number of carboxylic acids is 1. The number of aryl methyl sites for hydroxylation is 2. The molecule has 1 aliphatic heterocycles. The molecule has 1 fully saturated rings. The van der Waals surface area contributed by atoms with Gasteiger partial charge in [0.2, 0.25) is 15.9 Å². The molecule has 2 N–H and O–H groups in total. The van der Waals surface area contributed by atoms with Crippen molar-refractivity contribution in [3.63, 3.8) is 0 Å². The number of rotatable bonds is 5. The molecule has 1 aromatic heterocycles. The van der Waals surface area contributed by atoms with Crippen LogP contribution in [0.4, 0.5) is 0 Å². The minimum Gasteiger partial charge on any atom is -0.480 e. The first-order chi connectivity index (χ1) is 11.1. The van der Waals surface area contributed by atoms with Crippen LogP contribution in [0.5, 0.6) is 0 Å². The molecule has 1 amide bonds. The van der Waals surface area contributed by atoms with Crippen LogP contribution in [0.2, 0.25) is 0 Å². The highest BCUT2D eigenvalue weighted by Crippen LogP contribution is 2.27. The minimum atomic E-state index is -3.71. The van der Waals surface area contributed by atoms with Gasteiger partial charge in [-0.15, -0.1) is 0 Å². The minimum absolute atomic E-state index is 0.0740. The standard InChI is InChI=1S/C14H21N3O6S/c1-8-12(10(3)23-16-8)24(21,22)17-6-4-11(5-7-17)13(18)15-9(2)14(19)20/h9,11H,4-7H2,1-3H3,(H,15,18)(H,19,20)/t9-/m1/s1. The van der Waals surface area contributed by atoms with E-state index in [0.717, 1.165) is 0 Å². The molecule has 9 nitrogen and oxygen atoms in total. The third-order valence-corrected chi connectivity index (χ3v) is 6.26. The molecule has 2 rings (SSSR count). The van der Waals surface area contributed by atoms with Gasteiger partial charge < -0.3 is 14.9 Å². The SMILES string of the molecule is Cc1noc(C)c1S(=O)(=O)N1CCC(C(=O)N[C@H](C)C(=O)O)CC1. The lowest BCUT2D eigenvalue weighted by Gasteiger charge is -2.30. The number of carbonyl (C=O) groups excluding carboxylic acids is 1. The largest absolute Gasteiger partial charge is 0.480 e. The van der Waals surface area contributed by atoms with E-state index in [-0.39, 0.29) is 29.7 Å². The molecule has 0 bridgehead atoms. The number of nitrogens with zero attached hydrogens (tertiary/aromatic N) is 2. The zero-order valence-electron chi connectivity index (χ0n) is 13.8. The summed E-state index contributed by atoms with van der Waals surface area (Å²) in [5.74, 6) is -1.63. The zero-order chi connectivity index (χ0) is 18.1. The molecule has 0 radical (unpaired) electrons. The Morgan fingerprint density at radius 3 is 2.38 bits per heavy atom. The lowest BCUT2D eigenvalue weighted by molar-refractivity contribution is -0.142. The fourth-order valence-corrected chi connectivity index (χ4v) is 4.48. The lowest BCUT2D eigenvalue weighted by atomic mass is 9.97. The van der Waals surface area contributed by atoms with Crippen LogP contribution in [0.3, 0.4) is 0 Å². The highest BCUT2D eigenvalue weighted by Gasteiger charge is 2.35. The van der Waals surface area contributed by atoms with Crippen molar-refractivity contribution in [3.8, 4) is 0 Å². The van der Waals surface area contributed by atoms with Gasteiger partial charge in [-0.2, -0.15) is 4.31 Å². The second-order valence-corrected chi connectivity index (χ2v) is 7.77. The summed E-state index contributed by atoms with van der Waals surface area (Å²) in [6, 6.07) is -0.971. The third kappa shape index (κ3) is 3.59. The average molecular weight is 359 g/mol. The van der Waals surface area contributed by atoms with Crippen LogP contribution >= 0.6 is 0 Å². The maximum Gasteiger partial charge on any atom is 0.325 e. The van der Waals surface area contributed by atoms with Crippen molar-refractivity contribution < 1.29 is 27.6 Å². The Bertz CT molecular complexity index is 714. The monoisotopic (exact) mass is 359 g/mol. The Labute approximate surface area is 140 Å². The summed E-state index contributed by atoms with van der Waals surface area (Å²) in [6.07, 6.45) is 0.668. The summed E-state index contributed by atoms with van der Waals surface area (Å²) in [5, 5.41) is 14.9. The average Bonchev–Trinajstić information content (AvgIpc) is 2.86. The first-order valence-electron chi connectivity index (χ1n) is 7.60. The van der Waals surface area contributed by atoms with E-state index in [4.69, 9.17) is 9.63 Å². The van der Waals surface area contributed by atoms with Crippen molar-refractivity contribution in [2.24, 2.45) is 5.92 Å². The van der Waals surface area contributed by atoms with Crippen LogP contribution in [0.1, 0.15) is 31.2 Å². The molecular weight excluding hydrogens is 338 g/mol. The van der Waals surface area contributed by atoms with Gasteiger partial charge in [-0.05, 0) is 33.6 Å². The Morgan fingerprint density at radius 2 is 1.92 bits per heavy atom. The number of piperidine rings is 1. The second kappa shape index (κ2) is 6.89. The fraction of sp³-hybridized carbons (Fsp3) is 0.643. The van der Waals surface area contributed by atoms with Gasteiger partial charge in [0, 0.05) is 19.0 Å². The summed E-state index contributed by atoms with van der Waals surface area (Å²) in [6.45, 7) is 4.87. The summed E-state index contributed by atoms with van der Waals surface area (Å²) < 4.78 is 31.6. The summed E-state index contributed by atoms with van der Waals surface area (Å²) in [7, 11) is -3.71. The van der Waals surface area contributed by atoms with E-state index in [1.165, 1.54) is 11.2 Å². The van der Waals surface area contributed by atoms with Crippen LogP contribution in [-0.2, 0) is 19.6 Å². The number of carboxylic acid groups (broad SMARTS) is 1.